The van der Waals surface area contributed by atoms with Crippen LogP contribution in [-0.4, -0.2) is 15.9 Å². The van der Waals surface area contributed by atoms with Crippen LogP contribution in [0, 0.1) is 0 Å². The number of rotatable bonds is 3. The molecule has 7 nitrogen and oxygen atoms in total. The summed E-state index contributed by atoms with van der Waals surface area (Å²) in [6.07, 6.45) is -0.126. The van der Waals surface area contributed by atoms with E-state index in [2.05, 4.69) is 4.98 Å². The van der Waals surface area contributed by atoms with E-state index in [1.54, 1.807) is 0 Å². The number of aromatic nitrogens is 2. The summed E-state index contributed by atoms with van der Waals surface area (Å²) < 4.78 is 0. The van der Waals surface area contributed by atoms with E-state index in [4.69, 9.17) is 11.5 Å². The monoisotopic (exact) mass is 198 g/mol. The Morgan fingerprint density at radius 2 is 2.07 bits per heavy atom. The predicted molar refractivity (Wildman–Crippen MR) is 48.4 cm³/mol. The zero-order valence-electron chi connectivity index (χ0n) is 7.24. The van der Waals surface area contributed by atoms with Gasteiger partial charge in [-0.05, 0) is 0 Å². The van der Waals surface area contributed by atoms with Crippen LogP contribution in [0.3, 0.4) is 0 Å². The lowest BCUT2D eigenvalue weighted by Crippen LogP contribution is -2.28. The van der Waals surface area contributed by atoms with Crippen molar-refractivity contribution in [3.05, 3.63) is 32.6 Å². The smallest absolute Gasteiger partial charge is 0.325 e. The number of carbonyl (C=O) groups is 1. The number of carbonyl (C=O) groups excluding carboxylic acids is 1. The second-order valence-corrected chi connectivity index (χ2v) is 2.82. The lowest BCUT2D eigenvalue weighted by Gasteiger charge is -2.07. The van der Waals surface area contributed by atoms with Crippen LogP contribution in [0.2, 0.25) is 0 Å². The molecule has 0 aromatic carbocycles. The van der Waals surface area contributed by atoms with Crippen LogP contribution in [0.4, 0.5) is 0 Å². The molecule has 0 spiro atoms. The summed E-state index contributed by atoms with van der Waals surface area (Å²) >= 11 is 0. The molecule has 0 aliphatic carbocycles. The van der Waals surface area contributed by atoms with Crippen molar-refractivity contribution < 1.29 is 4.79 Å². The Balaban J connectivity index is 3.01. The van der Waals surface area contributed by atoms with E-state index in [0.717, 1.165) is 6.07 Å². The van der Waals surface area contributed by atoms with Crippen LogP contribution < -0.4 is 22.7 Å². The van der Waals surface area contributed by atoms with Gasteiger partial charge in [-0.3, -0.25) is 14.6 Å². The second-order valence-electron chi connectivity index (χ2n) is 2.82. The quantitative estimate of drug-likeness (QED) is 0.444. The molecule has 1 amide bonds. The number of amides is 1. The molecule has 7 heteroatoms. The van der Waals surface area contributed by atoms with E-state index < -0.39 is 23.2 Å². The third-order valence-electron chi connectivity index (χ3n) is 1.60. The van der Waals surface area contributed by atoms with Crippen LogP contribution in [0.5, 0.6) is 0 Å². The van der Waals surface area contributed by atoms with E-state index >= 15 is 0 Å². The van der Waals surface area contributed by atoms with Gasteiger partial charge in [0.2, 0.25) is 5.91 Å². The molecule has 6 N–H and O–H groups in total. The maximum absolute atomic E-state index is 10.9. The van der Waals surface area contributed by atoms with Crippen molar-refractivity contribution >= 4 is 5.91 Å². The SMILES string of the molecule is NC(=O)CC(N)c1cc(=O)[nH]c(=O)[nH]1. The Morgan fingerprint density at radius 1 is 1.43 bits per heavy atom. The highest BCUT2D eigenvalue weighted by Gasteiger charge is 2.10. The molecule has 1 aromatic rings. The maximum atomic E-state index is 10.9. The van der Waals surface area contributed by atoms with Crippen LogP contribution in [0.15, 0.2) is 15.7 Å². The van der Waals surface area contributed by atoms with Crippen LogP contribution in [-0.2, 0) is 4.79 Å². The van der Waals surface area contributed by atoms with Crippen molar-refractivity contribution in [2.24, 2.45) is 11.5 Å². The topological polar surface area (TPSA) is 135 Å². The van der Waals surface area contributed by atoms with Gasteiger partial charge >= 0.3 is 5.69 Å². The predicted octanol–water partition coefficient (Wildman–Crippen LogP) is -2.06. The zero-order chi connectivity index (χ0) is 10.7. The first-order valence-electron chi connectivity index (χ1n) is 3.86. The summed E-state index contributed by atoms with van der Waals surface area (Å²) in [6, 6.07) is 0.358. The number of aromatic amines is 2. The highest BCUT2D eigenvalue weighted by Crippen LogP contribution is 2.06. The van der Waals surface area contributed by atoms with Crippen molar-refractivity contribution in [2.75, 3.05) is 0 Å². The minimum atomic E-state index is -0.762. The van der Waals surface area contributed by atoms with Gasteiger partial charge in [0.1, 0.15) is 0 Å². The van der Waals surface area contributed by atoms with E-state index in [-0.39, 0.29) is 12.1 Å². The first-order valence-corrected chi connectivity index (χ1v) is 3.86. The van der Waals surface area contributed by atoms with E-state index in [1.807, 2.05) is 4.98 Å². The van der Waals surface area contributed by atoms with E-state index in [1.165, 1.54) is 0 Å². The largest absolute Gasteiger partial charge is 0.370 e. The molecule has 0 fully saturated rings. The first-order chi connectivity index (χ1) is 6.49. The molecule has 0 aliphatic heterocycles. The first kappa shape index (κ1) is 10.2. The van der Waals surface area contributed by atoms with Gasteiger partial charge in [0.25, 0.3) is 5.56 Å². The summed E-state index contributed by atoms with van der Waals surface area (Å²) in [6.45, 7) is 0. The fourth-order valence-corrected chi connectivity index (χ4v) is 1.01. The molecular weight excluding hydrogens is 188 g/mol. The minimum Gasteiger partial charge on any atom is -0.370 e. The lowest BCUT2D eigenvalue weighted by atomic mass is 10.1. The van der Waals surface area contributed by atoms with Gasteiger partial charge in [-0.2, -0.15) is 0 Å². The number of primary amides is 1. The molecule has 1 aromatic heterocycles. The van der Waals surface area contributed by atoms with Gasteiger partial charge in [-0.15, -0.1) is 0 Å². The molecule has 14 heavy (non-hydrogen) atoms. The van der Waals surface area contributed by atoms with Crippen molar-refractivity contribution in [2.45, 2.75) is 12.5 Å². The molecule has 1 heterocycles. The van der Waals surface area contributed by atoms with E-state index in [9.17, 15) is 14.4 Å². The van der Waals surface area contributed by atoms with Gasteiger partial charge in [0, 0.05) is 18.2 Å². The van der Waals surface area contributed by atoms with Crippen LogP contribution in [0.1, 0.15) is 18.2 Å². The Bertz CT molecular complexity index is 418. The van der Waals surface area contributed by atoms with Gasteiger partial charge in [-0.1, -0.05) is 0 Å². The highest BCUT2D eigenvalue weighted by atomic mass is 16.2. The fraction of sp³-hybridized carbons (Fsp3) is 0.286. The average Bonchev–Trinajstić information content (AvgIpc) is 2.00. The summed E-state index contributed by atoms with van der Waals surface area (Å²) in [5, 5.41) is 0. The summed E-state index contributed by atoms with van der Waals surface area (Å²) in [7, 11) is 0. The van der Waals surface area contributed by atoms with Gasteiger partial charge in [0.05, 0.1) is 6.04 Å². The molecule has 1 rings (SSSR count). The summed E-state index contributed by atoms with van der Waals surface area (Å²) in [5.41, 5.74) is 9.39. The van der Waals surface area contributed by atoms with Gasteiger partial charge in [-0.25, -0.2) is 4.79 Å². The minimum absolute atomic E-state index is 0.126. The zero-order valence-corrected chi connectivity index (χ0v) is 7.24. The summed E-state index contributed by atoms with van der Waals surface area (Å²) in [4.78, 5) is 36.5. The highest BCUT2D eigenvalue weighted by molar-refractivity contribution is 5.74. The number of nitrogens with one attached hydrogen (secondary N) is 2. The average molecular weight is 198 g/mol. The summed E-state index contributed by atoms with van der Waals surface area (Å²) in [5.74, 6) is -0.598. The third kappa shape index (κ3) is 2.56. The van der Waals surface area contributed by atoms with Crippen LogP contribution >= 0.6 is 0 Å². The molecule has 0 saturated carbocycles. The van der Waals surface area contributed by atoms with Gasteiger partial charge < -0.3 is 16.5 Å². The molecule has 76 valence electrons. The van der Waals surface area contributed by atoms with Crippen molar-refractivity contribution in [3.8, 4) is 0 Å². The van der Waals surface area contributed by atoms with Crippen molar-refractivity contribution in [1.82, 2.24) is 9.97 Å². The molecule has 1 atom stereocenters. The van der Waals surface area contributed by atoms with Crippen molar-refractivity contribution in [3.63, 3.8) is 0 Å². The van der Waals surface area contributed by atoms with Gasteiger partial charge in [0.15, 0.2) is 0 Å². The number of H-pyrrole nitrogens is 2. The number of hydrogen-bond donors (Lipinski definition) is 4. The molecular formula is C7H10N4O3. The molecule has 0 saturated heterocycles. The van der Waals surface area contributed by atoms with Crippen LogP contribution in [0.25, 0.3) is 0 Å². The number of hydrogen-bond acceptors (Lipinski definition) is 4. The molecule has 1 unspecified atom stereocenters. The lowest BCUT2D eigenvalue weighted by molar-refractivity contribution is -0.118. The Kier molecular flexibility index (Phi) is 2.82. The number of nitrogens with two attached hydrogens (primary N) is 2. The van der Waals surface area contributed by atoms with E-state index in [0.29, 0.717) is 0 Å². The Morgan fingerprint density at radius 3 is 2.57 bits per heavy atom. The molecule has 0 bridgehead atoms. The fourth-order valence-electron chi connectivity index (χ4n) is 1.01. The molecule has 0 aliphatic rings. The maximum Gasteiger partial charge on any atom is 0.325 e. The Labute approximate surface area is 78.1 Å². The third-order valence-corrected chi connectivity index (χ3v) is 1.60. The Hall–Kier alpha value is -1.89. The molecule has 0 radical (unpaired) electrons. The second kappa shape index (κ2) is 3.88. The standard InChI is InChI=1S/C7H10N4O3/c8-3(1-5(9)12)4-2-6(13)11-7(14)10-4/h2-3H,1,8H2,(H2,9,12)(H2,10,11,13,14). The normalized spacial score (nSPS) is 12.4. The van der Waals surface area contributed by atoms with Crippen molar-refractivity contribution in [1.29, 1.82) is 0 Å².